The van der Waals surface area contributed by atoms with Crippen LogP contribution in [0.3, 0.4) is 0 Å². The van der Waals surface area contributed by atoms with E-state index in [2.05, 4.69) is 4.90 Å². The number of anilines is 1. The molecular weight excluding hydrogens is 426 g/mol. The van der Waals surface area contributed by atoms with E-state index in [1.807, 2.05) is 56.6 Å². The Balaban J connectivity index is 1.79. The Bertz CT molecular complexity index is 960. The van der Waals surface area contributed by atoms with Crippen LogP contribution < -0.4 is 9.64 Å². The number of para-hydroxylation sites is 1. The lowest BCUT2D eigenvalue weighted by molar-refractivity contribution is -0.116. The molecule has 8 heteroatoms. The number of rotatable bonds is 9. The van der Waals surface area contributed by atoms with Crippen molar-refractivity contribution in [1.29, 1.82) is 0 Å². The van der Waals surface area contributed by atoms with E-state index >= 15 is 0 Å². The van der Waals surface area contributed by atoms with Crippen molar-refractivity contribution in [2.45, 2.75) is 11.3 Å². The van der Waals surface area contributed by atoms with Gasteiger partial charge in [0.1, 0.15) is 11.3 Å². The van der Waals surface area contributed by atoms with Gasteiger partial charge in [0.25, 0.3) is 0 Å². The third kappa shape index (κ3) is 5.85. The van der Waals surface area contributed by atoms with Gasteiger partial charge in [0.15, 0.2) is 5.13 Å². The van der Waals surface area contributed by atoms with Gasteiger partial charge in [-0.2, -0.15) is 0 Å². The first kappa shape index (κ1) is 21.9. The minimum atomic E-state index is 0.0433. The van der Waals surface area contributed by atoms with Crippen LogP contribution >= 0.6 is 34.7 Å². The summed E-state index contributed by atoms with van der Waals surface area (Å²) in [6, 6.07) is 13.4. The molecule has 0 aliphatic rings. The maximum atomic E-state index is 13.1. The largest absolute Gasteiger partial charge is 0.494 e. The monoisotopic (exact) mass is 449 g/mol. The van der Waals surface area contributed by atoms with Crippen LogP contribution in [0.5, 0.6) is 5.75 Å². The maximum Gasteiger partial charge on any atom is 0.239 e. The fourth-order valence-electron chi connectivity index (χ4n) is 2.82. The number of methoxy groups -OCH3 is 1. The molecule has 2 aromatic carbocycles. The molecule has 0 bridgehead atoms. The molecule has 0 spiro atoms. The van der Waals surface area contributed by atoms with Crippen LogP contribution in [0.25, 0.3) is 10.2 Å². The molecule has 154 valence electrons. The fraction of sp³-hybridized carbons (Fsp3) is 0.333. The van der Waals surface area contributed by atoms with Crippen molar-refractivity contribution in [3.05, 3.63) is 47.5 Å². The van der Waals surface area contributed by atoms with Crippen LogP contribution in [0.4, 0.5) is 5.13 Å². The summed E-state index contributed by atoms with van der Waals surface area (Å²) >= 11 is 8.97. The van der Waals surface area contributed by atoms with Crippen LogP contribution in [-0.4, -0.2) is 55.8 Å². The number of benzene rings is 2. The normalized spacial score (nSPS) is 11.2. The Morgan fingerprint density at radius 3 is 2.62 bits per heavy atom. The number of carbonyl (C=O) groups is 1. The number of nitrogens with zero attached hydrogens (tertiary/aromatic N) is 3. The Morgan fingerprint density at radius 2 is 1.93 bits per heavy atom. The van der Waals surface area contributed by atoms with E-state index in [0.717, 1.165) is 33.8 Å². The summed E-state index contributed by atoms with van der Waals surface area (Å²) in [6.45, 7) is 1.53. The summed E-state index contributed by atoms with van der Waals surface area (Å²) in [5.41, 5.74) is 0.797. The Morgan fingerprint density at radius 1 is 1.17 bits per heavy atom. The van der Waals surface area contributed by atoms with Gasteiger partial charge in [-0.15, -0.1) is 11.8 Å². The molecule has 0 fully saturated rings. The third-order valence-corrected chi connectivity index (χ3v) is 6.58. The van der Waals surface area contributed by atoms with Crippen molar-refractivity contribution in [3.63, 3.8) is 0 Å². The maximum absolute atomic E-state index is 13.1. The lowest BCUT2D eigenvalue weighted by atomic mass is 10.3. The molecular formula is C21H24ClN3O2S2. The van der Waals surface area contributed by atoms with Crippen molar-refractivity contribution in [1.82, 2.24) is 9.88 Å². The summed E-state index contributed by atoms with van der Waals surface area (Å²) in [5.74, 6) is 1.11. The van der Waals surface area contributed by atoms with Crippen molar-refractivity contribution >= 4 is 56.0 Å². The zero-order chi connectivity index (χ0) is 20.8. The summed E-state index contributed by atoms with van der Waals surface area (Å²) in [7, 11) is 5.70. The SMILES string of the molecule is COc1cccc2sc(N(CCCN(C)C)C(=O)CSc3ccc(Cl)cc3)nc12. The van der Waals surface area contributed by atoms with Gasteiger partial charge >= 0.3 is 0 Å². The number of thiazole rings is 1. The van der Waals surface area contributed by atoms with Gasteiger partial charge in [0.2, 0.25) is 5.91 Å². The van der Waals surface area contributed by atoms with Crippen molar-refractivity contribution in [2.24, 2.45) is 0 Å². The van der Waals surface area contributed by atoms with Gasteiger partial charge in [0, 0.05) is 16.5 Å². The molecule has 0 atom stereocenters. The van der Waals surface area contributed by atoms with Gasteiger partial charge < -0.3 is 9.64 Å². The Hall–Kier alpha value is -1.80. The summed E-state index contributed by atoms with van der Waals surface area (Å²) in [6.07, 6.45) is 0.872. The van der Waals surface area contributed by atoms with E-state index in [1.54, 1.807) is 12.0 Å². The van der Waals surface area contributed by atoms with E-state index < -0.39 is 0 Å². The van der Waals surface area contributed by atoms with E-state index in [0.29, 0.717) is 22.5 Å². The lowest BCUT2D eigenvalue weighted by Crippen LogP contribution is -2.34. The molecule has 1 aromatic heterocycles. The van der Waals surface area contributed by atoms with E-state index in [4.69, 9.17) is 21.3 Å². The van der Waals surface area contributed by atoms with Crippen molar-refractivity contribution < 1.29 is 9.53 Å². The molecule has 0 unspecified atom stereocenters. The molecule has 5 nitrogen and oxygen atoms in total. The number of aromatic nitrogens is 1. The quantitative estimate of drug-likeness (QED) is 0.428. The highest BCUT2D eigenvalue weighted by Crippen LogP contribution is 2.34. The molecule has 0 aliphatic carbocycles. The molecule has 3 aromatic rings. The highest BCUT2D eigenvalue weighted by atomic mass is 35.5. The van der Waals surface area contributed by atoms with Crippen LogP contribution in [0, 0.1) is 0 Å². The van der Waals surface area contributed by atoms with E-state index in [-0.39, 0.29) is 5.91 Å². The number of hydrogen-bond donors (Lipinski definition) is 0. The summed E-state index contributed by atoms with van der Waals surface area (Å²) in [5, 5.41) is 1.40. The Labute approximate surface area is 184 Å². The van der Waals surface area contributed by atoms with Crippen molar-refractivity contribution in [3.8, 4) is 5.75 Å². The van der Waals surface area contributed by atoms with Gasteiger partial charge in [0.05, 0.1) is 17.6 Å². The summed E-state index contributed by atoms with van der Waals surface area (Å²) < 4.78 is 6.44. The minimum absolute atomic E-state index is 0.0433. The number of halogens is 1. The van der Waals surface area contributed by atoms with Crippen molar-refractivity contribution in [2.75, 3.05) is 44.9 Å². The molecule has 0 saturated carbocycles. The van der Waals surface area contributed by atoms with Crippen LogP contribution in [0.1, 0.15) is 6.42 Å². The molecule has 0 N–H and O–H groups in total. The second-order valence-corrected chi connectivity index (χ2v) is 9.24. The van der Waals surface area contributed by atoms with Crippen LogP contribution in [0.2, 0.25) is 5.02 Å². The van der Waals surface area contributed by atoms with Crippen LogP contribution in [0.15, 0.2) is 47.4 Å². The van der Waals surface area contributed by atoms with Gasteiger partial charge in [-0.3, -0.25) is 9.69 Å². The average Bonchev–Trinajstić information content (AvgIpc) is 3.14. The zero-order valence-corrected chi connectivity index (χ0v) is 19.1. The summed E-state index contributed by atoms with van der Waals surface area (Å²) in [4.78, 5) is 22.8. The average molecular weight is 450 g/mol. The van der Waals surface area contributed by atoms with Gasteiger partial charge in [-0.1, -0.05) is 29.0 Å². The number of ether oxygens (including phenoxy) is 1. The molecule has 3 rings (SSSR count). The predicted molar refractivity (Wildman–Crippen MR) is 124 cm³/mol. The smallest absolute Gasteiger partial charge is 0.239 e. The fourth-order valence-corrected chi connectivity index (χ4v) is 4.74. The van der Waals surface area contributed by atoms with Crippen LogP contribution in [-0.2, 0) is 4.79 Å². The topological polar surface area (TPSA) is 45.7 Å². The van der Waals surface area contributed by atoms with E-state index in [1.165, 1.54) is 23.1 Å². The molecule has 0 radical (unpaired) electrons. The minimum Gasteiger partial charge on any atom is -0.494 e. The van der Waals surface area contributed by atoms with E-state index in [9.17, 15) is 4.79 Å². The zero-order valence-electron chi connectivity index (χ0n) is 16.7. The Kier molecular flexibility index (Phi) is 7.77. The van der Waals surface area contributed by atoms with Gasteiger partial charge in [-0.05, 0) is 63.5 Å². The first-order valence-electron chi connectivity index (χ1n) is 9.25. The first-order chi connectivity index (χ1) is 14.0. The number of amides is 1. The standard InChI is InChI=1S/C21H24ClN3O2S2/c1-24(2)12-5-13-25(19(26)14-28-16-10-8-15(22)9-11-16)21-23-20-17(27-3)6-4-7-18(20)29-21/h4,6-11H,5,12-14H2,1-3H3. The lowest BCUT2D eigenvalue weighted by Gasteiger charge is -2.21. The number of hydrogen-bond acceptors (Lipinski definition) is 6. The molecule has 1 amide bonds. The number of carbonyl (C=O) groups excluding carboxylic acids is 1. The second kappa shape index (κ2) is 10.3. The second-order valence-electron chi connectivity index (χ2n) is 6.75. The molecule has 0 aliphatic heterocycles. The highest BCUT2D eigenvalue weighted by molar-refractivity contribution is 8.00. The molecule has 0 saturated heterocycles. The van der Waals surface area contributed by atoms with Gasteiger partial charge in [-0.25, -0.2) is 4.98 Å². The number of fused-ring (bicyclic) bond motifs is 1. The molecule has 1 heterocycles. The predicted octanol–water partition coefficient (Wildman–Crippen LogP) is 5.04. The third-order valence-electron chi connectivity index (χ3n) is 4.29. The first-order valence-corrected chi connectivity index (χ1v) is 11.4. The molecule has 29 heavy (non-hydrogen) atoms. The highest BCUT2D eigenvalue weighted by Gasteiger charge is 2.21. The number of thioether (sulfide) groups is 1.